The highest BCUT2D eigenvalue weighted by molar-refractivity contribution is 5.56. The number of aromatic hydroxyl groups is 2. The normalized spacial score (nSPS) is 10.6. The van der Waals surface area contributed by atoms with Gasteiger partial charge >= 0.3 is 0 Å². The highest BCUT2D eigenvalue weighted by atomic mass is 16.5. The van der Waals surface area contributed by atoms with Gasteiger partial charge in [-0.15, -0.1) is 0 Å². The summed E-state index contributed by atoms with van der Waals surface area (Å²) < 4.78 is 5.16. The first-order chi connectivity index (χ1) is 9.72. The van der Waals surface area contributed by atoms with E-state index < -0.39 is 0 Å². The topological polar surface area (TPSA) is 79.4 Å². The number of benzene rings is 2. The summed E-state index contributed by atoms with van der Waals surface area (Å²) in [5.41, 5.74) is 1.40. The zero-order valence-electron chi connectivity index (χ0n) is 10.5. The fraction of sp³-hybridized carbons (Fsp3) is 0.0667. The molecule has 0 aliphatic carbocycles. The Labute approximate surface area is 115 Å². The van der Waals surface area contributed by atoms with Crippen LogP contribution in [-0.2, 0) is 6.42 Å². The average Bonchev–Trinajstić information content (AvgIpc) is 2.90. The Morgan fingerprint density at radius 3 is 2.65 bits per heavy atom. The monoisotopic (exact) mass is 268 g/mol. The van der Waals surface area contributed by atoms with Gasteiger partial charge in [0, 0.05) is 11.1 Å². The number of rotatable bonds is 3. The number of nitrogens with zero attached hydrogens (tertiary/aromatic N) is 2. The van der Waals surface area contributed by atoms with Gasteiger partial charge in [0.1, 0.15) is 11.5 Å². The van der Waals surface area contributed by atoms with E-state index in [-0.39, 0.29) is 11.5 Å². The van der Waals surface area contributed by atoms with Crippen molar-refractivity contribution >= 4 is 0 Å². The molecule has 3 aromatic rings. The fourth-order valence-corrected chi connectivity index (χ4v) is 1.91. The molecular formula is C15H12N2O3. The van der Waals surface area contributed by atoms with Crippen LogP contribution in [0.25, 0.3) is 11.4 Å². The number of phenols is 2. The fourth-order valence-electron chi connectivity index (χ4n) is 1.91. The van der Waals surface area contributed by atoms with Gasteiger partial charge in [-0.3, -0.25) is 0 Å². The Hall–Kier alpha value is -2.82. The summed E-state index contributed by atoms with van der Waals surface area (Å²) in [6.07, 6.45) is 0.360. The largest absolute Gasteiger partial charge is 0.508 e. The Balaban J connectivity index is 1.86. The van der Waals surface area contributed by atoms with Crippen LogP contribution in [0.15, 0.2) is 53.1 Å². The summed E-state index contributed by atoms with van der Waals surface area (Å²) in [6, 6.07) is 13.6. The van der Waals surface area contributed by atoms with Crippen molar-refractivity contribution in [2.75, 3.05) is 0 Å². The molecule has 0 atom stereocenters. The second-order valence-corrected chi connectivity index (χ2v) is 4.37. The maximum atomic E-state index is 9.71. The maximum Gasteiger partial charge on any atom is 0.231 e. The molecule has 100 valence electrons. The Morgan fingerprint density at radius 2 is 1.85 bits per heavy atom. The van der Waals surface area contributed by atoms with Gasteiger partial charge in [-0.25, -0.2) is 0 Å². The molecular weight excluding hydrogens is 256 g/mol. The quantitative estimate of drug-likeness (QED) is 0.763. The van der Waals surface area contributed by atoms with E-state index in [1.807, 2.05) is 6.07 Å². The number of phenolic OH excluding ortho intramolecular Hbond substituents is 2. The lowest BCUT2D eigenvalue weighted by molar-refractivity contribution is 0.383. The summed E-state index contributed by atoms with van der Waals surface area (Å²) in [7, 11) is 0. The third-order valence-corrected chi connectivity index (χ3v) is 2.91. The first kappa shape index (κ1) is 12.2. The predicted molar refractivity (Wildman–Crippen MR) is 72.3 cm³/mol. The molecule has 1 heterocycles. The van der Waals surface area contributed by atoms with Gasteiger partial charge in [0.25, 0.3) is 0 Å². The van der Waals surface area contributed by atoms with Crippen LogP contribution >= 0.6 is 0 Å². The number of para-hydroxylation sites is 1. The highest BCUT2D eigenvalue weighted by Gasteiger charge is 2.11. The van der Waals surface area contributed by atoms with Gasteiger partial charge < -0.3 is 14.7 Å². The van der Waals surface area contributed by atoms with Crippen molar-refractivity contribution in [1.82, 2.24) is 10.1 Å². The molecule has 0 spiro atoms. The van der Waals surface area contributed by atoms with E-state index in [0.717, 1.165) is 5.56 Å². The number of aromatic nitrogens is 2. The minimum absolute atomic E-state index is 0.148. The number of hydrogen-bond acceptors (Lipinski definition) is 5. The van der Waals surface area contributed by atoms with Crippen molar-refractivity contribution in [2.45, 2.75) is 6.42 Å². The molecule has 20 heavy (non-hydrogen) atoms. The van der Waals surface area contributed by atoms with Crippen molar-refractivity contribution < 1.29 is 14.7 Å². The van der Waals surface area contributed by atoms with Crippen molar-refractivity contribution in [2.24, 2.45) is 0 Å². The second kappa shape index (κ2) is 5.05. The summed E-state index contributed by atoms with van der Waals surface area (Å²) in [4.78, 5) is 4.26. The first-order valence-electron chi connectivity index (χ1n) is 6.11. The number of hydrogen-bond donors (Lipinski definition) is 2. The third-order valence-electron chi connectivity index (χ3n) is 2.91. The van der Waals surface area contributed by atoms with Crippen molar-refractivity contribution in [3.8, 4) is 22.9 Å². The molecule has 0 amide bonds. The van der Waals surface area contributed by atoms with Crippen molar-refractivity contribution in [3.63, 3.8) is 0 Å². The zero-order chi connectivity index (χ0) is 13.9. The van der Waals surface area contributed by atoms with Crippen molar-refractivity contribution in [3.05, 3.63) is 60.0 Å². The summed E-state index contributed by atoms with van der Waals surface area (Å²) in [6.45, 7) is 0. The van der Waals surface area contributed by atoms with E-state index in [1.165, 1.54) is 0 Å². The SMILES string of the molecule is Oc1cccc(-c2noc(Cc3ccccc3O)n2)c1. The molecule has 0 aliphatic rings. The summed E-state index contributed by atoms with van der Waals surface area (Å²) in [5.74, 6) is 1.16. The molecule has 1 aromatic heterocycles. The lowest BCUT2D eigenvalue weighted by Crippen LogP contribution is -1.89. The molecule has 0 saturated heterocycles. The molecule has 5 nitrogen and oxygen atoms in total. The molecule has 0 aliphatic heterocycles. The van der Waals surface area contributed by atoms with Crippen LogP contribution in [-0.4, -0.2) is 20.4 Å². The summed E-state index contributed by atoms with van der Waals surface area (Å²) in [5, 5.41) is 23.0. The molecule has 0 fully saturated rings. The molecule has 5 heteroatoms. The van der Waals surface area contributed by atoms with Gasteiger partial charge in [-0.05, 0) is 18.2 Å². The van der Waals surface area contributed by atoms with Gasteiger partial charge in [-0.1, -0.05) is 35.5 Å². The molecule has 0 saturated carbocycles. The maximum absolute atomic E-state index is 9.71. The Morgan fingerprint density at radius 1 is 1.00 bits per heavy atom. The van der Waals surface area contributed by atoms with E-state index in [0.29, 0.717) is 23.7 Å². The van der Waals surface area contributed by atoms with E-state index in [9.17, 15) is 10.2 Å². The standard InChI is InChI=1S/C15H12N2O3/c18-12-6-3-5-11(8-12)15-16-14(20-17-15)9-10-4-1-2-7-13(10)19/h1-8,18-19H,9H2. The van der Waals surface area contributed by atoms with E-state index in [4.69, 9.17) is 4.52 Å². The predicted octanol–water partition coefficient (Wildman–Crippen LogP) is 2.74. The molecule has 0 unspecified atom stereocenters. The minimum Gasteiger partial charge on any atom is -0.508 e. The molecule has 0 radical (unpaired) electrons. The zero-order valence-corrected chi connectivity index (χ0v) is 10.5. The van der Waals surface area contributed by atoms with Crippen LogP contribution in [0.3, 0.4) is 0 Å². The molecule has 3 rings (SSSR count). The Kier molecular flexibility index (Phi) is 3.09. The van der Waals surface area contributed by atoms with Crippen LogP contribution in [0.5, 0.6) is 11.5 Å². The minimum atomic E-state index is 0.148. The molecule has 0 bridgehead atoms. The lowest BCUT2D eigenvalue weighted by atomic mass is 10.1. The van der Waals surface area contributed by atoms with Crippen molar-refractivity contribution in [1.29, 1.82) is 0 Å². The van der Waals surface area contributed by atoms with Crippen LogP contribution in [0.4, 0.5) is 0 Å². The van der Waals surface area contributed by atoms with E-state index in [2.05, 4.69) is 10.1 Å². The lowest BCUT2D eigenvalue weighted by Gasteiger charge is -1.99. The van der Waals surface area contributed by atoms with Crippen LogP contribution in [0.1, 0.15) is 11.5 Å². The molecule has 2 N–H and O–H groups in total. The second-order valence-electron chi connectivity index (χ2n) is 4.37. The Bertz CT molecular complexity index is 737. The van der Waals surface area contributed by atoms with Gasteiger partial charge in [0.15, 0.2) is 0 Å². The van der Waals surface area contributed by atoms with Crippen LogP contribution in [0.2, 0.25) is 0 Å². The smallest absolute Gasteiger partial charge is 0.231 e. The van der Waals surface area contributed by atoms with E-state index >= 15 is 0 Å². The van der Waals surface area contributed by atoms with Crippen LogP contribution in [0, 0.1) is 0 Å². The first-order valence-corrected chi connectivity index (χ1v) is 6.11. The van der Waals surface area contributed by atoms with E-state index in [1.54, 1.807) is 42.5 Å². The summed E-state index contributed by atoms with van der Waals surface area (Å²) >= 11 is 0. The molecule has 2 aromatic carbocycles. The average molecular weight is 268 g/mol. The highest BCUT2D eigenvalue weighted by Crippen LogP contribution is 2.23. The van der Waals surface area contributed by atoms with Gasteiger partial charge in [-0.2, -0.15) is 4.98 Å². The van der Waals surface area contributed by atoms with Gasteiger partial charge in [0.2, 0.25) is 11.7 Å². The van der Waals surface area contributed by atoms with Gasteiger partial charge in [0.05, 0.1) is 6.42 Å². The van der Waals surface area contributed by atoms with Crippen LogP contribution < -0.4 is 0 Å². The third kappa shape index (κ3) is 2.47.